The number of fused-ring (bicyclic) bond motifs is 2. The number of rotatable bonds is 0. The molecule has 2 nitrogen and oxygen atoms in total. The summed E-state index contributed by atoms with van der Waals surface area (Å²) in [4.78, 5) is 1.02. The van der Waals surface area contributed by atoms with Gasteiger partial charge in [0.2, 0.25) is 0 Å². The Morgan fingerprint density at radius 1 is 1.19 bits per heavy atom. The fraction of sp³-hybridized carbons (Fsp3) is 0. The van der Waals surface area contributed by atoms with Crippen LogP contribution in [-0.2, 0) is 0 Å². The lowest BCUT2D eigenvalue weighted by atomic mass is 9.87. The fourth-order valence-electron chi connectivity index (χ4n) is 2.03. The largest absolute Gasteiger partial charge is 0.736 e. The van der Waals surface area contributed by atoms with Crippen molar-refractivity contribution in [2.75, 3.05) is 0 Å². The Morgan fingerprint density at radius 3 is 2.94 bits per heavy atom. The van der Waals surface area contributed by atoms with Gasteiger partial charge in [0.25, 0.3) is 0 Å². The molecule has 0 N–H and O–H groups in total. The van der Waals surface area contributed by atoms with Gasteiger partial charge in [0.15, 0.2) is 5.69 Å². The standard InChI is InChI=1S/C11H9BF2N2/c13-12(14)15-7-3-1-5-10(15)9-11-6-2-4-8-16(11)12/h1-9H. The van der Waals surface area contributed by atoms with Crippen LogP contribution in [0.4, 0.5) is 8.63 Å². The highest BCUT2D eigenvalue weighted by atomic mass is 19.2. The van der Waals surface area contributed by atoms with Gasteiger partial charge < -0.3 is 17.9 Å². The van der Waals surface area contributed by atoms with Gasteiger partial charge in [0.05, 0.1) is 0 Å². The molecular weight excluding hydrogens is 209 g/mol. The number of hydrogen-bond acceptors (Lipinski definition) is 1. The van der Waals surface area contributed by atoms with Crippen LogP contribution in [0.1, 0.15) is 5.69 Å². The second-order valence-corrected chi connectivity index (χ2v) is 3.80. The van der Waals surface area contributed by atoms with Gasteiger partial charge in [-0.15, -0.1) is 0 Å². The summed E-state index contributed by atoms with van der Waals surface area (Å²) < 4.78 is 29.3. The Bertz CT molecular complexity index is 535. The van der Waals surface area contributed by atoms with Crippen LogP contribution in [0.5, 0.6) is 0 Å². The molecule has 0 atom stereocenters. The van der Waals surface area contributed by atoms with Crippen molar-refractivity contribution in [3.63, 3.8) is 0 Å². The topological polar surface area (TPSA) is 7.12 Å². The Hall–Kier alpha value is -1.91. The van der Waals surface area contributed by atoms with Crippen LogP contribution in [0.25, 0.3) is 6.08 Å². The summed E-state index contributed by atoms with van der Waals surface area (Å²) in [5, 5.41) is 0. The van der Waals surface area contributed by atoms with Gasteiger partial charge in [-0.1, -0.05) is 12.1 Å². The third-order valence-corrected chi connectivity index (χ3v) is 2.81. The van der Waals surface area contributed by atoms with E-state index >= 15 is 0 Å². The third kappa shape index (κ3) is 1.14. The Kier molecular flexibility index (Phi) is 1.77. The summed E-state index contributed by atoms with van der Waals surface area (Å²) in [5.74, 6) is 0. The van der Waals surface area contributed by atoms with Gasteiger partial charge in [0, 0.05) is 17.8 Å². The third-order valence-electron chi connectivity index (χ3n) is 2.81. The van der Waals surface area contributed by atoms with Crippen LogP contribution in [0.15, 0.2) is 54.5 Å². The second kappa shape index (κ2) is 3.04. The molecule has 3 heterocycles. The molecular formula is C11H9BF2N2. The molecule has 0 bridgehead atoms. The van der Waals surface area contributed by atoms with Gasteiger partial charge in [-0.3, -0.25) is 0 Å². The van der Waals surface area contributed by atoms with Crippen molar-refractivity contribution in [2.45, 2.75) is 0 Å². The first kappa shape index (κ1) is 9.33. The summed E-state index contributed by atoms with van der Waals surface area (Å²) in [6.07, 6.45) is 9.63. The number of halogens is 2. The molecule has 2 aliphatic rings. The van der Waals surface area contributed by atoms with Gasteiger partial charge in [-0.05, 0) is 24.4 Å². The Labute approximate surface area is 91.9 Å². The van der Waals surface area contributed by atoms with Crippen molar-refractivity contribution < 1.29 is 13.1 Å². The average Bonchev–Trinajstić information content (AvgIpc) is 2.29. The van der Waals surface area contributed by atoms with Gasteiger partial charge in [0.1, 0.15) is 6.20 Å². The van der Waals surface area contributed by atoms with Crippen molar-refractivity contribution >= 4 is 13.0 Å². The highest BCUT2D eigenvalue weighted by molar-refractivity contribution is 6.55. The molecule has 0 amide bonds. The first-order valence-corrected chi connectivity index (χ1v) is 5.07. The molecule has 5 heteroatoms. The van der Waals surface area contributed by atoms with Gasteiger partial charge in [-0.2, -0.15) is 0 Å². The second-order valence-electron chi connectivity index (χ2n) is 3.80. The van der Waals surface area contributed by atoms with E-state index in [1.165, 1.54) is 12.4 Å². The highest BCUT2D eigenvalue weighted by Crippen LogP contribution is 2.26. The summed E-state index contributed by atoms with van der Waals surface area (Å²) >= 11 is 0. The summed E-state index contributed by atoms with van der Waals surface area (Å²) in [5.41, 5.74) is 1.05. The maximum Gasteiger partial charge on any atom is 0.736 e. The lowest BCUT2D eigenvalue weighted by molar-refractivity contribution is -0.577. The van der Waals surface area contributed by atoms with Crippen LogP contribution in [-0.4, -0.2) is 11.8 Å². The van der Waals surface area contributed by atoms with Crippen molar-refractivity contribution in [1.29, 1.82) is 0 Å². The normalized spacial score (nSPS) is 20.1. The van der Waals surface area contributed by atoms with Gasteiger partial charge >= 0.3 is 6.97 Å². The summed E-state index contributed by atoms with van der Waals surface area (Å²) in [6, 6.07) is 5.06. The van der Waals surface area contributed by atoms with E-state index in [-0.39, 0.29) is 0 Å². The molecule has 0 saturated carbocycles. The monoisotopic (exact) mass is 218 g/mol. The van der Waals surface area contributed by atoms with Crippen LogP contribution < -0.4 is 4.48 Å². The van der Waals surface area contributed by atoms with Crippen molar-refractivity contribution in [2.24, 2.45) is 0 Å². The molecule has 0 aromatic carbocycles. The van der Waals surface area contributed by atoms with E-state index in [0.29, 0.717) is 11.4 Å². The minimum atomic E-state index is -3.76. The minimum Gasteiger partial charge on any atom is -0.396 e. The van der Waals surface area contributed by atoms with E-state index in [2.05, 4.69) is 0 Å². The number of allylic oxidation sites excluding steroid dienone is 3. The van der Waals surface area contributed by atoms with Crippen molar-refractivity contribution in [3.05, 3.63) is 60.2 Å². The molecule has 16 heavy (non-hydrogen) atoms. The van der Waals surface area contributed by atoms with E-state index in [9.17, 15) is 8.63 Å². The zero-order valence-corrected chi connectivity index (χ0v) is 8.42. The first-order valence-electron chi connectivity index (χ1n) is 5.07. The quantitative estimate of drug-likeness (QED) is 0.603. The zero-order valence-electron chi connectivity index (χ0n) is 8.42. The minimum absolute atomic E-state index is 0.527. The molecule has 3 rings (SSSR count). The SMILES string of the molecule is F[B-]1(F)N2C=CC=CC2=Cc2cccc[n+]21. The maximum atomic E-state index is 14.2. The smallest absolute Gasteiger partial charge is 0.396 e. The van der Waals surface area contributed by atoms with E-state index < -0.39 is 6.97 Å². The molecule has 1 aromatic heterocycles. The summed E-state index contributed by atoms with van der Waals surface area (Å²) in [6.45, 7) is -3.76. The predicted molar refractivity (Wildman–Crippen MR) is 58.1 cm³/mol. The lowest BCUT2D eigenvalue weighted by Crippen LogP contribution is -2.70. The predicted octanol–water partition coefficient (Wildman–Crippen LogP) is 1.94. The molecule has 0 spiro atoms. The van der Waals surface area contributed by atoms with Crippen LogP contribution in [0.3, 0.4) is 0 Å². The number of nitrogens with zero attached hydrogens (tertiary/aromatic N) is 2. The van der Waals surface area contributed by atoms with Crippen molar-refractivity contribution in [3.8, 4) is 0 Å². The molecule has 0 unspecified atom stereocenters. The van der Waals surface area contributed by atoms with E-state index in [4.69, 9.17) is 0 Å². The molecule has 0 saturated heterocycles. The van der Waals surface area contributed by atoms with Gasteiger partial charge in [-0.25, -0.2) is 0 Å². The Balaban J connectivity index is 2.26. The maximum absolute atomic E-state index is 14.2. The van der Waals surface area contributed by atoms with Crippen LogP contribution >= 0.6 is 0 Å². The first-order chi connectivity index (χ1) is 7.69. The van der Waals surface area contributed by atoms with Crippen LogP contribution in [0.2, 0.25) is 0 Å². The molecule has 0 radical (unpaired) electrons. The fourth-order valence-corrected chi connectivity index (χ4v) is 2.03. The summed E-state index contributed by atoms with van der Waals surface area (Å²) in [7, 11) is 0. The molecule has 1 aromatic rings. The molecule has 80 valence electrons. The van der Waals surface area contributed by atoms with E-state index in [1.807, 2.05) is 0 Å². The Morgan fingerprint density at radius 2 is 2.06 bits per heavy atom. The molecule has 0 fully saturated rings. The molecule has 0 aliphatic carbocycles. The number of pyridine rings is 1. The van der Waals surface area contributed by atoms with Crippen molar-refractivity contribution in [1.82, 2.24) is 4.81 Å². The van der Waals surface area contributed by atoms with E-state index in [0.717, 1.165) is 9.29 Å². The van der Waals surface area contributed by atoms with Crippen LogP contribution in [0, 0.1) is 0 Å². The lowest BCUT2D eigenvalue weighted by Gasteiger charge is -2.37. The highest BCUT2D eigenvalue weighted by Gasteiger charge is 2.50. The zero-order chi connectivity index (χ0) is 11.2. The van der Waals surface area contributed by atoms with E-state index in [1.54, 1.807) is 42.5 Å². The number of hydrogen-bond donors (Lipinski definition) is 0. The number of aromatic nitrogens is 1. The average molecular weight is 218 g/mol. The molecule has 2 aliphatic heterocycles.